The SMILES string of the molecule is C=C(C)CN(CC)C(=O)CN1CCc2ccc(F)cc2C1C. The molecular formula is C18H25FN2O. The zero-order chi connectivity index (χ0) is 16.3. The van der Waals surface area contributed by atoms with Crippen LogP contribution in [0.25, 0.3) is 0 Å². The summed E-state index contributed by atoms with van der Waals surface area (Å²) in [6, 6.07) is 5.03. The number of amides is 1. The van der Waals surface area contributed by atoms with Crippen LogP contribution in [0.3, 0.4) is 0 Å². The normalized spacial score (nSPS) is 17.9. The summed E-state index contributed by atoms with van der Waals surface area (Å²) in [6.45, 7) is 12.3. The van der Waals surface area contributed by atoms with Crippen molar-refractivity contribution in [3.05, 3.63) is 47.3 Å². The van der Waals surface area contributed by atoms with Crippen molar-refractivity contribution in [2.24, 2.45) is 0 Å². The van der Waals surface area contributed by atoms with E-state index in [1.165, 1.54) is 11.6 Å². The predicted octanol–water partition coefficient (Wildman–Crippen LogP) is 3.17. The summed E-state index contributed by atoms with van der Waals surface area (Å²) in [7, 11) is 0. The molecule has 0 saturated heterocycles. The van der Waals surface area contributed by atoms with Crippen molar-refractivity contribution in [1.29, 1.82) is 0 Å². The van der Waals surface area contributed by atoms with Gasteiger partial charge in [0.2, 0.25) is 5.91 Å². The average Bonchev–Trinajstić information content (AvgIpc) is 2.47. The van der Waals surface area contributed by atoms with Crippen molar-refractivity contribution < 1.29 is 9.18 Å². The van der Waals surface area contributed by atoms with Crippen LogP contribution in [0.5, 0.6) is 0 Å². The molecule has 1 aliphatic rings. The van der Waals surface area contributed by atoms with Crippen LogP contribution in [0, 0.1) is 5.82 Å². The molecule has 0 fully saturated rings. The smallest absolute Gasteiger partial charge is 0.237 e. The highest BCUT2D eigenvalue weighted by atomic mass is 19.1. The highest BCUT2D eigenvalue weighted by Crippen LogP contribution is 2.29. The molecule has 1 aromatic rings. The van der Waals surface area contributed by atoms with E-state index in [4.69, 9.17) is 0 Å². The maximum Gasteiger partial charge on any atom is 0.237 e. The zero-order valence-corrected chi connectivity index (χ0v) is 13.7. The van der Waals surface area contributed by atoms with Crippen molar-refractivity contribution in [2.75, 3.05) is 26.2 Å². The van der Waals surface area contributed by atoms with Crippen LogP contribution < -0.4 is 0 Å². The molecule has 1 atom stereocenters. The van der Waals surface area contributed by atoms with Crippen LogP contribution in [0.4, 0.5) is 4.39 Å². The van der Waals surface area contributed by atoms with Crippen LogP contribution >= 0.6 is 0 Å². The lowest BCUT2D eigenvalue weighted by atomic mass is 9.93. The molecule has 0 N–H and O–H groups in total. The fourth-order valence-corrected chi connectivity index (χ4v) is 3.03. The van der Waals surface area contributed by atoms with Crippen LogP contribution in [0.1, 0.15) is 37.9 Å². The van der Waals surface area contributed by atoms with E-state index in [2.05, 4.69) is 11.5 Å². The van der Waals surface area contributed by atoms with Crippen LogP contribution in [-0.4, -0.2) is 41.9 Å². The first-order valence-electron chi connectivity index (χ1n) is 7.87. The maximum atomic E-state index is 13.5. The van der Waals surface area contributed by atoms with Gasteiger partial charge in [-0.15, -0.1) is 0 Å². The summed E-state index contributed by atoms with van der Waals surface area (Å²) in [5.74, 6) is -0.103. The molecule has 1 aliphatic heterocycles. The van der Waals surface area contributed by atoms with E-state index in [-0.39, 0.29) is 17.8 Å². The molecule has 1 amide bonds. The Kier molecular flexibility index (Phi) is 5.35. The first kappa shape index (κ1) is 16.7. The molecule has 0 spiro atoms. The third-order valence-electron chi connectivity index (χ3n) is 4.31. The largest absolute Gasteiger partial charge is 0.338 e. The molecule has 4 heteroatoms. The van der Waals surface area contributed by atoms with Gasteiger partial charge in [0.05, 0.1) is 6.54 Å². The lowest BCUT2D eigenvalue weighted by Gasteiger charge is -2.36. The highest BCUT2D eigenvalue weighted by Gasteiger charge is 2.27. The minimum absolute atomic E-state index is 0.0620. The summed E-state index contributed by atoms with van der Waals surface area (Å²) >= 11 is 0. The molecule has 0 aliphatic carbocycles. The first-order chi connectivity index (χ1) is 10.4. The van der Waals surface area contributed by atoms with Crippen LogP contribution in [-0.2, 0) is 11.2 Å². The second-order valence-corrected chi connectivity index (χ2v) is 6.10. The van der Waals surface area contributed by atoms with E-state index in [1.54, 1.807) is 6.07 Å². The minimum atomic E-state index is -0.212. The van der Waals surface area contributed by atoms with Crippen molar-refractivity contribution in [1.82, 2.24) is 9.80 Å². The van der Waals surface area contributed by atoms with Gasteiger partial charge in [0.25, 0.3) is 0 Å². The van der Waals surface area contributed by atoms with Crippen molar-refractivity contribution in [3.8, 4) is 0 Å². The molecule has 1 aromatic carbocycles. The van der Waals surface area contributed by atoms with Crippen LogP contribution in [0.15, 0.2) is 30.4 Å². The molecule has 0 saturated carbocycles. The van der Waals surface area contributed by atoms with Gasteiger partial charge < -0.3 is 4.90 Å². The highest BCUT2D eigenvalue weighted by molar-refractivity contribution is 5.78. The summed E-state index contributed by atoms with van der Waals surface area (Å²) in [5.41, 5.74) is 3.17. The summed E-state index contributed by atoms with van der Waals surface area (Å²) in [6.07, 6.45) is 0.861. The fraction of sp³-hybridized carbons (Fsp3) is 0.500. The number of fused-ring (bicyclic) bond motifs is 1. The predicted molar refractivity (Wildman–Crippen MR) is 87.2 cm³/mol. The number of likely N-dealkylation sites (N-methyl/N-ethyl adjacent to an activating group) is 1. The van der Waals surface area contributed by atoms with Gasteiger partial charge in [-0.1, -0.05) is 18.2 Å². The van der Waals surface area contributed by atoms with Gasteiger partial charge in [0, 0.05) is 25.7 Å². The third kappa shape index (κ3) is 3.74. The van der Waals surface area contributed by atoms with Gasteiger partial charge >= 0.3 is 0 Å². The zero-order valence-electron chi connectivity index (χ0n) is 13.7. The van der Waals surface area contributed by atoms with Gasteiger partial charge in [-0.3, -0.25) is 9.69 Å². The summed E-state index contributed by atoms with van der Waals surface area (Å²) in [5, 5.41) is 0. The van der Waals surface area contributed by atoms with E-state index in [0.717, 1.165) is 24.1 Å². The first-order valence-corrected chi connectivity index (χ1v) is 7.87. The molecule has 1 unspecified atom stereocenters. The fourth-order valence-electron chi connectivity index (χ4n) is 3.03. The molecule has 1 heterocycles. The quantitative estimate of drug-likeness (QED) is 0.780. The monoisotopic (exact) mass is 304 g/mol. The number of rotatable bonds is 5. The van der Waals surface area contributed by atoms with Crippen molar-refractivity contribution in [3.63, 3.8) is 0 Å². The second kappa shape index (κ2) is 7.05. The minimum Gasteiger partial charge on any atom is -0.338 e. The topological polar surface area (TPSA) is 23.6 Å². The van der Waals surface area contributed by atoms with E-state index in [0.29, 0.717) is 19.6 Å². The van der Waals surface area contributed by atoms with E-state index < -0.39 is 0 Å². The molecule has 0 bridgehead atoms. The molecule has 2 rings (SSSR count). The number of benzene rings is 1. The molecule has 0 aromatic heterocycles. The standard InChI is InChI=1S/C18H25FN2O/c1-5-20(11-13(2)3)18(22)12-21-9-8-15-6-7-16(19)10-17(15)14(21)4/h6-7,10,14H,2,5,8-9,11-12H2,1,3-4H3. The lowest BCUT2D eigenvalue weighted by Crippen LogP contribution is -2.44. The second-order valence-electron chi connectivity index (χ2n) is 6.10. The maximum absolute atomic E-state index is 13.5. The average molecular weight is 304 g/mol. The van der Waals surface area contributed by atoms with E-state index in [1.807, 2.05) is 31.7 Å². The Bertz CT molecular complexity index is 570. The Balaban J connectivity index is 2.08. The Morgan fingerprint density at radius 2 is 2.23 bits per heavy atom. The van der Waals surface area contributed by atoms with E-state index in [9.17, 15) is 9.18 Å². The number of hydrogen-bond acceptors (Lipinski definition) is 2. The van der Waals surface area contributed by atoms with Crippen molar-refractivity contribution >= 4 is 5.91 Å². The molecule has 22 heavy (non-hydrogen) atoms. The molecule has 3 nitrogen and oxygen atoms in total. The molecular weight excluding hydrogens is 279 g/mol. The Morgan fingerprint density at radius 1 is 1.50 bits per heavy atom. The van der Waals surface area contributed by atoms with Crippen LogP contribution in [0.2, 0.25) is 0 Å². The van der Waals surface area contributed by atoms with Crippen molar-refractivity contribution in [2.45, 2.75) is 33.2 Å². The number of nitrogens with zero attached hydrogens (tertiary/aromatic N) is 2. The Morgan fingerprint density at radius 3 is 2.86 bits per heavy atom. The summed E-state index contributed by atoms with van der Waals surface area (Å²) in [4.78, 5) is 16.4. The number of halogens is 1. The number of carbonyl (C=O) groups excluding carboxylic acids is 1. The van der Waals surface area contributed by atoms with Gasteiger partial charge in [0.15, 0.2) is 0 Å². The van der Waals surface area contributed by atoms with Gasteiger partial charge in [0.1, 0.15) is 5.82 Å². The van der Waals surface area contributed by atoms with Gasteiger partial charge in [-0.05, 0) is 50.5 Å². The Hall–Kier alpha value is -1.68. The van der Waals surface area contributed by atoms with Gasteiger partial charge in [-0.25, -0.2) is 4.39 Å². The van der Waals surface area contributed by atoms with E-state index >= 15 is 0 Å². The number of carbonyl (C=O) groups is 1. The van der Waals surface area contributed by atoms with Gasteiger partial charge in [-0.2, -0.15) is 0 Å². The molecule has 120 valence electrons. The molecule has 0 radical (unpaired) electrons. The number of hydrogen-bond donors (Lipinski definition) is 0. The Labute approximate surface area is 132 Å². The summed E-state index contributed by atoms with van der Waals surface area (Å²) < 4.78 is 13.5. The lowest BCUT2D eigenvalue weighted by molar-refractivity contribution is -0.132. The third-order valence-corrected chi connectivity index (χ3v) is 4.31.